The summed E-state index contributed by atoms with van der Waals surface area (Å²) >= 11 is -0.839. The van der Waals surface area contributed by atoms with E-state index in [2.05, 4.69) is 32.1 Å². The molecule has 0 aromatic rings. The van der Waals surface area contributed by atoms with Gasteiger partial charge in [-0.3, -0.25) is 0 Å². The fourth-order valence-corrected chi connectivity index (χ4v) is 11.3. The van der Waals surface area contributed by atoms with Crippen LogP contribution < -0.4 is 0 Å². The van der Waals surface area contributed by atoms with Crippen LogP contribution in [0.5, 0.6) is 0 Å². The van der Waals surface area contributed by atoms with Crippen molar-refractivity contribution in [1.29, 1.82) is 0 Å². The molecule has 0 spiro atoms. The average molecular weight is 390 g/mol. The zero-order chi connectivity index (χ0) is 15.6. The summed E-state index contributed by atoms with van der Waals surface area (Å²) in [5, 5.41) is 0. The molecule has 0 bridgehead atoms. The number of carbonyl (C=O) groups is 1. The molecule has 0 saturated heterocycles. The van der Waals surface area contributed by atoms with Gasteiger partial charge in [-0.25, -0.2) is 4.79 Å². The molecule has 0 atom stereocenters. The minimum absolute atomic E-state index is 0.359. The minimum atomic E-state index is -0.839. The van der Waals surface area contributed by atoms with Crippen molar-refractivity contribution in [2.45, 2.75) is 79.5 Å². The monoisotopic (exact) mass is 391 g/mol. The third kappa shape index (κ3) is 18.0. The maximum atomic E-state index is 10.1. The van der Waals surface area contributed by atoms with Gasteiger partial charge in [0.05, 0.1) is 6.61 Å². The van der Waals surface area contributed by atoms with Crippen molar-refractivity contribution in [2.75, 3.05) is 6.61 Å². The summed E-state index contributed by atoms with van der Waals surface area (Å²) in [6.45, 7) is 12.4. The van der Waals surface area contributed by atoms with Crippen LogP contribution in [-0.4, -0.2) is 32.3 Å². The number of rotatable bonds is 11. The average Bonchev–Trinajstić information content (AvgIpc) is 2.47. The number of hydrogen-bond donors (Lipinski definition) is 0. The molecule has 0 aliphatic heterocycles. The van der Waals surface area contributed by atoms with Gasteiger partial charge in [0.25, 0.3) is 0 Å². The predicted octanol–water partition coefficient (Wildman–Crippen LogP) is 5.62. The Kier molecular flexibility index (Phi) is 21.2. The van der Waals surface area contributed by atoms with Crippen molar-refractivity contribution >= 4 is 25.7 Å². The van der Waals surface area contributed by atoms with Gasteiger partial charge in [-0.2, -0.15) is 0 Å². The van der Waals surface area contributed by atoms with E-state index >= 15 is 0 Å². The van der Waals surface area contributed by atoms with Gasteiger partial charge in [-0.1, -0.05) is 6.58 Å². The van der Waals surface area contributed by atoms with Crippen molar-refractivity contribution in [2.24, 2.45) is 0 Å². The molecular weight excluding hydrogens is 355 g/mol. The van der Waals surface area contributed by atoms with Crippen LogP contribution in [0.2, 0.25) is 13.3 Å². The Hall–Kier alpha value is 0.00870. The Morgan fingerprint density at radius 1 is 0.950 bits per heavy atom. The molecule has 119 valence electrons. The summed E-state index contributed by atoms with van der Waals surface area (Å²) in [7, 11) is 0. The number of unbranched alkanes of at least 4 members (excludes halogenated alkanes) is 3. The summed E-state index contributed by atoms with van der Waals surface area (Å²) in [4.78, 5) is 10.1. The molecule has 0 aromatic heterocycles. The van der Waals surface area contributed by atoms with Gasteiger partial charge in [0.2, 0.25) is 0 Å². The molecule has 0 unspecified atom stereocenters. The van der Waals surface area contributed by atoms with Crippen LogP contribution in [0.1, 0.15) is 66.2 Å². The number of esters is 1. The summed E-state index contributed by atoms with van der Waals surface area (Å²) < 4.78 is 9.47. The first-order valence-corrected chi connectivity index (χ1v) is 14.3. The maximum absolute atomic E-state index is 10.1. The molecule has 0 saturated carbocycles. The van der Waals surface area contributed by atoms with E-state index in [9.17, 15) is 4.79 Å². The Morgan fingerprint density at radius 3 is 1.55 bits per heavy atom. The molecule has 0 fully saturated rings. The summed E-state index contributed by atoms with van der Waals surface area (Å²) in [6.07, 6.45) is 9.99. The molecule has 1 radical (unpaired) electrons. The van der Waals surface area contributed by atoms with Crippen LogP contribution in [0.4, 0.5) is 0 Å². The second-order valence-corrected chi connectivity index (χ2v) is 13.6. The van der Waals surface area contributed by atoms with Crippen LogP contribution in [0, 0.1) is 0 Å². The van der Waals surface area contributed by atoms with Gasteiger partial charge in [-0.05, 0) is 6.92 Å². The number of ether oxygens (including phenoxy) is 1. The van der Waals surface area contributed by atoms with Gasteiger partial charge < -0.3 is 4.74 Å². The van der Waals surface area contributed by atoms with E-state index in [4.69, 9.17) is 0 Å². The van der Waals surface area contributed by atoms with Crippen molar-refractivity contribution in [3.63, 3.8) is 0 Å². The normalized spacial score (nSPS) is 9.85. The van der Waals surface area contributed by atoms with E-state index in [0.29, 0.717) is 6.61 Å². The van der Waals surface area contributed by atoms with Crippen molar-refractivity contribution < 1.29 is 9.53 Å². The van der Waals surface area contributed by atoms with E-state index in [0.717, 1.165) is 6.08 Å². The fraction of sp³-hybridized carbons (Fsp3) is 0.824. The van der Waals surface area contributed by atoms with Crippen molar-refractivity contribution in [1.82, 2.24) is 0 Å². The second-order valence-electron chi connectivity index (χ2n) is 5.02. The van der Waals surface area contributed by atoms with E-state index in [1.54, 1.807) is 20.2 Å². The topological polar surface area (TPSA) is 26.3 Å². The zero-order valence-electron chi connectivity index (χ0n) is 14.2. The molecule has 0 rings (SSSR count). The molecular formula is C17H35O2Sn. The Morgan fingerprint density at radius 2 is 1.35 bits per heavy atom. The molecule has 3 heteroatoms. The van der Waals surface area contributed by atoms with Crippen LogP contribution in [0.15, 0.2) is 12.7 Å². The predicted molar refractivity (Wildman–Crippen MR) is 91.7 cm³/mol. The van der Waals surface area contributed by atoms with Gasteiger partial charge >= 0.3 is 98.3 Å². The standard InChI is InChI=1S/C5H8O2.3C4H9.Sn/c1-3-5(6)7-4-2;3*1-3-4-2;/h3H,1,4H2,2H3;3*1,3-4H2,2H3;. The first-order chi connectivity index (χ1) is 9.65. The van der Waals surface area contributed by atoms with Crippen LogP contribution in [0.3, 0.4) is 0 Å². The second kappa shape index (κ2) is 19.0. The van der Waals surface area contributed by atoms with E-state index < -0.39 is 19.8 Å². The summed E-state index contributed by atoms with van der Waals surface area (Å²) in [5.74, 6) is -0.359. The van der Waals surface area contributed by atoms with E-state index in [1.165, 1.54) is 38.5 Å². The number of hydrogen-bond acceptors (Lipinski definition) is 2. The van der Waals surface area contributed by atoms with E-state index in [-0.39, 0.29) is 5.97 Å². The number of carbonyl (C=O) groups excluding carboxylic acids is 1. The molecule has 0 N–H and O–H groups in total. The van der Waals surface area contributed by atoms with Gasteiger partial charge in [-0.15, -0.1) is 0 Å². The van der Waals surface area contributed by atoms with Crippen LogP contribution in [0.25, 0.3) is 0 Å². The van der Waals surface area contributed by atoms with Gasteiger partial charge in [0, 0.05) is 6.08 Å². The summed E-state index contributed by atoms with van der Waals surface area (Å²) in [6, 6.07) is 0. The Bertz CT molecular complexity index is 198. The Balaban J connectivity index is 0. The zero-order valence-corrected chi connectivity index (χ0v) is 17.0. The van der Waals surface area contributed by atoms with E-state index in [1.807, 2.05) is 0 Å². The molecule has 0 amide bonds. The quantitative estimate of drug-likeness (QED) is 0.260. The molecule has 0 heterocycles. The summed E-state index contributed by atoms with van der Waals surface area (Å²) in [5.41, 5.74) is 0. The van der Waals surface area contributed by atoms with Gasteiger partial charge in [0.1, 0.15) is 0 Å². The van der Waals surface area contributed by atoms with Crippen molar-refractivity contribution in [3.05, 3.63) is 12.7 Å². The molecule has 2 nitrogen and oxygen atoms in total. The Labute approximate surface area is 134 Å². The van der Waals surface area contributed by atoms with Crippen LogP contribution in [-0.2, 0) is 9.53 Å². The third-order valence-electron chi connectivity index (χ3n) is 3.10. The molecule has 20 heavy (non-hydrogen) atoms. The molecule has 0 aliphatic rings. The van der Waals surface area contributed by atoms with Crippen LogP contribution >= 0.6 is 0 Å². The fourth-order valence-electron chi connectivity index (χ4n) is 1.86. The SMILES string of the molecule is C=CC(=O)OCC.CCC[CH2][Sn]([CH2]CCC)[CH2]CCC. The van der Waals surface area contributed by atoms with Gasteiger partial charge in [0.15, 0.2) is 0 Å². The third-order valence-corrected chi connectivity index (χ3v) is 12.2. The molecule has 0 aromatic carbocycles. The van der Waals surface area contributed by atoms with Crippen molar-refractivity contribution in [3.8, 4) is 0 Å². The molecule has 0 aliphatic carbocycles. The first-order valence-electron chi connectivity index (χ1n) is 8.28. The first kappa shape index (κ1) is 22.3.